The number of hydrazone groups is 1. The molecule has 0 aliphatic rings. The largest absolute Gasteiger partial charge is 0.317 e. The van der Waals surface area contributed by atoms with Gasteiger partial charge in [0.1, 0.15) is 0 Å². The van der Waals surface area contributed by atoms with Gasteiger partial charge < -0.3 is 4.57 Å². The Morgan fingerprint density at radius 1 is 1.17 bits per heavy atom. The Bertz CT molecular complexity index is 1130. The van der Waals surface area contributed by atoms with E-state index in [0.717, 1.165) is 23.4 Å². The Kier molecular flexibility index (Phi) is 6.11. The second kappa shape index (κ2) is 8.73. The number of nitrogens with one attached hydrogen (secondary N) is 1. The molecule has 0 atom stereocenters. The molecule has 2 aromatic carbocycles. The lowest BCUT2D eigenvalue weighted by atomic mass is 10.1. The molecule has 1 heterocycles. The zero-order valence-electron chi connectivity index (χ0n) is 17.5. The van der Waals surface area contributed by atoms with Crippen LogP contribution in [0.15, 0.2) is 53.6 Å². The third kappa shape index (κ3) is 4.15. The summed E-state index contributed by atoms with van der Waals surface area (Å²) in [7, 11) is 0. The predicted molar refractivity (Wildman–Crippen MR) is 118 cm³/mol. The molecule has 3 aromatic rings. The van der Waals surface area contributed by atoms with Gasteiger partial charge in [0.05, 0.1) is 16.8 Å². The third-order valence-corrected chi connectivity index (χ3v) is 5.11. The molecule has 1 aromatic heterocycles. The topological polar surface area (TPSA) is 89.5 Å². The van der Waals surface area contributed by atoms with Gasteiger partial charge in [-0.25, -0.2) is 5.43 Å². The zero-order chi connectivity index (χ0) is 21.8. The molecule has 0 unspecified atom stereocenters. The summed E-state index contributed by atoms with van der Waals surface area (Å²) in [6, 6.07) is 13.7. The standard InChI is InChI=1S/C23H24N4O3/c1-5-18-8-6-7-15(2)22(18)26-16(3)13-20(17(26)4)14-24-25-23(28)19-9-11-21(12-10-19)27(29)30/h6-14H,5H2,1-4H3,(H,25,28)/b24-14-. The molecule has 3 rings (SSSR count). The quantitative estimate of drug-likeness (QED) is 0.369. The lowest BCUT2D eigenvalue weighted by Gasteiger charge is -2.17. The molecule has 30 heavy (non-hydrogen) atoms. The van der Waals surface area contributed by atoms with Gasteiger partial charge in [0, 0.05) is 34.6 Å². The molecule has 0 aliphatic carbocycles. The van der Waals surface area contributed by atoms with Crippen molar-refractivity contribution in [2.75, 3.05) is 0 Å². The van der Waals surface area contributed by atoms with Crippen molar-refractivity contribution < 1.29 is 9.72 Å². The second-order valence-electron chi connectivity index (χ2n) is 7.10. The minimum Gasteiger partial charge on any atom is -0.317 e. The Hall–Kier alpha value is -3.74. The monoisotopic (exact) mass is 404 g/mol. The van der Waals surface area contributed by atoms with Crippen LogP contribution < -0.4 is 5.43 Å². The van der Waals surface area contributed by atoms with Crippen LogP contribution in [0.1, 0.15) is 45.4 Å². The van der Waals surface area contributed by atoms with E-state index in [4.69, 9.17) is 0 Å². The van der Waals surface area contributed by atoms with E-state index >= 15 is 0 Å². The molecule has 0 radical (unpaired) electrons. The number of benzene rings is 2. The first-order chi connectivity index (χ1) is 14.3. The minimum atomic E-state index is -0.506. The number of nitro benzene ring substituents is 1. The molecule has 0 bridgehead atoms. The van der Waals surface area contributed by atoms with Crippen LogP contribution in [0.2, 0.25) is 0 Å². The van der Waals surface area contributed by atoms with Crippen molar-refractivity contribution in [1.29, 1.82) is 0 Å². The van der Waals surface area contributed by atoms with Gasteiger partial charge in [-0.1, -0.05) is 25.1 Å². The summed E-state index contributed by atoms with van der Waals surface area (Å²) in [5.41, 5.74) is 9.39. The van der Waals surface area contributed by atoms with Crippen LogP contribution in [0, 0.1) is 30.9 Å². The molecule has 154 valence electrons. The van der Waals surface area contributed by atoms with E-state index in [1.165, 1.54) is 41.1 Å². The van der Waals surface area contributed by atoms with Gasteiger partial charge >= 0.3 is 0 Å². The molecule has 7 nitrogen and oxygen atoms in total. The maximum atomic E-state index is 12.2. The second-order valence-corrected chi connectivity index (χ2v) is 7.10. The number of carbonyl (C=O) groups excluding carboxylic acids is 1. The van der Waals surface area contributed by atoms with Crippen molar-refractivity contribution in [3.8, 4) is 5.69 Å². The van der Waals surface area contributed by atoms with E-state index in [-0.39, 0.29) is 5.69 Å². The van der Waals surface area contributed by atoms with Gasteiger partial charge in [0.15, 0.2) is 0 Å². The van der Waals surface area contributed by atoms with Gasteiger partial charge in [-0.15, -0.1) is 0 Å². The van der Waals surface area contributed by atoms with Crippen LogP contribution in [0.25, 0.3) is 5.69 Å². The number of carbonyl (C=O) groups is 1. The van der Waals surface area contributed by atoms with E-state index in [1.54, 1.807) is 6.21 Å². The highest BCUT2D eigenvalue weighted by Crippen LogP contribution is 2.26. The highest BCUT2D eigenvalue weighted by atomic mass is 16.6. The van der Waals surface area contributed by atoms with E-state index < -0.39 is 10.8 Å². The summed E-state index contributed by atoms with van der Waals surface area (Å²) in [5.74, 6) is -0.429. The first-order valence-corrected chi connectivity index (χ1v) is 9.69. The number of para-hydroxylation sites is 1. The average Bonchev–Trinajstić information content (AvgIpc) is 3.01. The van der Waals surface area contributed by atoms with E-state index in [9.17, 15) is 14.9 Å². The highest BCUT2D eigenvalue weighted by Gasteiger charge is 2.14. The number of hydrogen-bond donors (Lipinski definition) is 1. The lowest BCUT2D eigenvalue weighted by molar-refractivity contribution is -0.384. The summed E-state index contributed by atoms with van der Waals surface area (Å²) in [6.45, 7) is 8.32. The van der Waals surface area contributed by atoms with Gasteiger partial charge in [-0.3, -0.25) is 14.9 Å². The summed E-state index contributed by atoms with van der Waals surface area (Å²) in [4.78, 5) is 22.4. The number of aromatic nitrogens is 1. The average molecular weight is 404 g/mol. The SMILES string of the molecule is CCc1cccc(C)c1-n1c(C)cc(/C=N\NC(=O)c2ccc([N+](=O)[O-])cc2)c1C. The van der Waals surface area contributed by atoms with Gasteiger partial charge in [0.2, 0.25) is 0 Å². The molecule has 1 amide bonds. The molecule has 7 heteroatoms. The van der Waals surface area contributed by atoms with E-state index in [2.05, 4.69) is 47.1 Å². The van der Waals surface area contributed by atoms with Crippen molar-refractivity contribution in [1.82, 2.24) is 9.99 Å². The molecular formula is C23H24N4O3. The fourth-order valence-corrected chi connectivity index (χ4v) is 3.55. The summed E-state index contributed by atoms with van der Waals surface area (Å²) in [5, 5.41) is 14.8. The number of nitro groups is 1. The molecule has 0 aliphatic heterocycles. The zero-order valence-corrected chi connectivity index (χ0v) is 17.5. The summed E-state index contributed by atoms with van der Waals surface area (Å²) < 4.78 is 2.22. The number of aryl methyl sites for hydroxylation is 3. The maximum absolute atomic E-state index is 12.2. The van der Waals surface area contributed by atoms with Crippen LogP contribution in [-0.4, -0.2) is 21.6 Å². The lowest BCUT2D eigenvalue weighted by Crippen LogP contribution is -2.17. The van der Waals surface area contributed by atoms with Crippen LogP contribution in [-0.2, 0) is 6.42 Å². The normalized spacial score (nSPS) is 11.1. The molecule has 0 saturated carbocycles. The Morgan fingerprint density at radius 2 is 1.87 bits per heavy atom. The van der Waals surface area contributed by atoms with Crippen molar-refractivity contribution >= 4 is 17.8 Å². The number of amides is 1. The highest BCUT2D eigenvalue weighted by molar-refractivity contribution is 5.95. The van der Waals surface area contributed by atoms with E-state index in [0.29, 0.717) is 5.56 Å². The Morgan fingerprint density at radius 3 is 2.50 bits per heavy atom. The van der Waals surface area contributed by atoms with Crippen molar-refractivity contribution in [3.05, 3.63) is 92.3 Å². The Balaban J connectivity index is 1.82. The van der Waals surface area contributed by atoms with Crippen LogP contribution in [0.3, 0.4) is 0 Å². The minimum absolute atomic E-state index is 0.0647. The van der Waals surface area contributed by atoms with E-state index in [1.807, 2.05) is 19.9 Å². The van der Waals surface area contributed by atoms with Gasteiger partial charge in [-0.05, 0) is 56.5 Å². The smallest absolute Gasteiger partial charge is 0.271 e. The van der Waals surface area contributed by atoms with Crippen molar-refractivity contribution in [2.24, 2.45) is 5.10 Å². The van der Waals surface area contributed by atoms with Crippen molar-refractivity contribution in [3.63, 3.8) is 0 Å². The first kappa shape index (κ1) is 21.0. The number of hydrogen-bond acceptors (Lipinski definition) is 4. The van der Waals surface area contributed by atoms with Crippen LogP contribution in [0.4, 0.5) is 5.69 Å². The number of nitrogens with zero attached hydrogens (tertiary/aromatic N) is 3. The molecule has 0 saturated heterocycles. The maximum Gasteiger partial charge on any atom is 0.271 e. The van der Waals surface area contributed by atoms with Crippen molar-refractivity contribution in [2.45, 2.75) is 34.1 Å². The van der Waals surface area contributed by atoms with Crippen LogP contribution in [0.5, 0.6) is 0 Å². The van der Waals surface area contributed by atoms with Crippen LogP contribution >= 0.6 is 0 Å². The summed E-state index contributed by atoms with van der Waals surface area (Å²) in [6.07, 6.45) is 2.55. The first-order valence-electron chi connectivity index (χ1n) is 9.69. The molecule has 1 N–H and O–H groups in total. The molecule has 0 fully saturated rings. The fourth-order valence-electron chi connectivity index (χ4n) is 3.55. The fraction of sp³-hybridized carbons (Fsp3) is 0.217. The summed E-state index contributed by atoms with van der Waals surface area (Å²) >= 11 is 0. The number of rotatable bonds is 6. The third-order valence-electron chi connectivity index (χ3n) is 5.11. The predicted octanol–water partition coefficient (Wildman–Crippen LogP) is 4.64. The van der Waals surface area contributed by atoms with Gasteiger partial charge in [-0.2, -0.15) is 5.10 Å². The molecular weight excluding hydrogens is 380 g/mol. The number of non-ortho nitro benzene ring substituents is 1. The van der Waals surface area contributed by atoms with Gasteiger partial charge in [0.25, 0.3) is 11.6 Å². The molecule has 0 spiro atoms. The Labute approximate surface area is 175 Å².